The third-order valence-corrected chi connectivity index (χ3v) is 4.65. The minimum absolute atomic E-state index is 0.132. The Morgan fingerprint density at radius 2 is 2.17 bits per heavy atom. The van der Waals surface area contributed by atoms with Gasteiger partial charge in [0.1, 0.15) is 6.23 Å². The standard InChI is InChI=1S/C15H13Cl2N5O2/c16-8-3-1-4-9(11(8)17)19-13-12-14(21-15(23)20-13)22(7-18-12)10-5-2-6-24-10/h1,3-4,7,10H,2,5-6H2,(H2,19,20,21,23). The number of nitrogens with zero attached hydrogens (tertiary/aromatic N) is 4. The number of fused-ring (bicyclic) bond motifs is 1. The van der Waals surface area contributed by atoms with Crippen molar-refractivity contribution in [3.63, 3.8) is 0 Å². The predicted molar refractivity (Wildman–Crippen MR) is 91.0 cm³/mol. The molecule has 9 heteroatoms. The van der Waals surface area contributed by atoms with Crippen LogP contribution in [0, 0.1) is 0 Å². The summed E-state index contributed by atoms with van der Waals surface area (Å²) in [7, 11) is 0. The van der Waals surface area contributed by atoms with Gasteiger partial charge in [-0.1, -0.05) is 29.3 Å². The first-order valence-electron chi connectivity index (χ1n) is 7.39. The number of hydrogen-bond donors (Lipinski definition) is 2. The maximum absolute atomic E-state index is 9.90. The molecule has 0 bridgehead atoms. The Morgan fingerprint density at radius 1 is 1.29 bits per heavy atom. The maximum Gasteiger partial charge on any atom is 0.318 e. The van der Waals surface area contributed by atoms with E-state index in [0.29, 0.717) is 39.3 Å². The SMILES string of the molecule is Oc1nc(Nc2cccc(Cl)c2Cl)c2ncn(C3CCCO3)c2n1. The molecule has 0 aliphatic carbocycles. The molecule has 0 amide bonds. The Hall–Kier alpha value is -2.09. The van der Waals surface area contributed by atoms with Gasteiger partial charge in [-0.3, -0.25) is 4.57 Å². The molecular formula is C15H13Cl2N5O2. The van der Waals surface area contributed by atoms with Gasteiger partial charge in [-0.25, -0.2) is 4.98 Å². The van der Waals surface area contributed by atoms with Crippen LogP contribution in [0.2, 0.25) is 10.0 Å². The lowest BCUT2D eigenvalue weighted by Gasteiger charge is -2.12. The van der Waals surface area contributed by atoms with Crippen LogP contribution in [0.15, 0.2) is 24.5 Å². The molecule has 2 aromatic heterocycles. The van der Waals surface area contributed by atoms with Crippen LogP contribution in [0.1, 0.15) is 19.1 Å². The Morgan fingerprint density at radius 3 is 2.96 bits per heavy atom. The van der Waals surface area contributed by atoms with Crippen molar-refractivity contribution < 1.29 is 9.84 Å². The van der Waals surface area contributed by atoms with Crippen LogP contribution in [-0.4, -0.2) is 31.2 Å². The fourth-order valence-corrected chi connectivity index (χ4v) is 3.06. The summed E-state index contributed by atoms with van der Waals surface area (Å²) in [5, 5.41) is 13.7. The van der Waals surface area contributed by atoms with Crippen LogP contribution in [0.25, 0.3) is 11.2 Å². The number of halogens is 2. The molecule has 0 saturated carbocycles. The van der Waals surface area contributed by atoms with E-state index in [4.69, 9.17) is 27.9 Å². The molecule has 1 aromatic carbocycles. The summed E-state index contributed by atoms with van der Waals surface area (Å²) in [6.07, 6.45) is 3.36. The van der Waals surface area contributed by atoms with E-state index in [1.54, 1.807) is 29.1 Å². The normalized spacial score (nSPS) is 17.5. The van der Waals surface area contributed by atoms with E-state index < -0.39 is 0 Å². The Kier molecular flexibility index (Phi) is 3.91. The minimum atomic E-state index is -0.358. The molecule has 1 aliphatic rings. The molecule has 24 heavy (non-hydrogen) atoms. The maximum atomic E-state index is 9.90. The molecule has 124 valence electrons. The zero-order chi connectivity index (χ0) is 16.7. The van der Waals surface area contributed by atoms with Gasteiger partial charge in [0.05, 0.1) is 22.1 Å². The average molecular weight is 366 g/mol. The molecule has 4 rings (SSSR count). The van der Waals surface area contributed by atoms with Gasteiger partial charge in [0.2, 0.25) is 0 Å². The number of nitrogens with one attached hydrogen (secondary N) is 1. The number of imidazole rings is 1. The van der Waals surface area contributed by atoms with Crippen molar-refractivity contribution in [3.05, 3.63) is 34.6 Å². The summed E-state index contributed by atoms with van der Waals surface area (Å²) in [6.45, 7) is 0.699. The number of hydrogen-bond acceptors (Lipinski definition) is 6. The van der Waals surface area contributed by atoms with Gasteiger partial charge in [-0.15, -0.1) is 0 Å². The number of ether oxygens (including phenoxy) is 1. The van der Waals surface area contributed by atoms with Gasteiger partial charge >= 0.3 is 6.01 Å². The molecule has 0 spiro atoms. The van der Waals surface area contributed by atoms with Gasteiger partial charge in [-0.2, -0.15) is 9.97 Å². The van der Waals surface area contributed by atoms with Gasteiger partial charge in [0.25, 0.3) is 0 Å². The van der Waals surface area contributed by atoms with Crippen LogP contribution < -0.4 is 5.32 Å². The van der Waals surface area contributed by atoms with Gasteiger partial charge in [0, 0.05) is 6.61 Å². The molecule has 1 unspecified atom stereocenters. The highest BCUT2D eigenvalue weighted by molar-refractivity contribution is 6.43. The molecule has 3 heterocycles. The van der Waals surface area contributed by atoms with Crippen molar-refractivity contribution >= 4 is 45.9 Å². The van der Waals surface area contributed by atoms with Gasteiger partial charge in [-0.05, 0) is 25.0 Å². The van der Waals surface area contributed by atoms with Crippen molar-refractivity contribution in [3.8, 4) is 6.01 Å². The second-order valence-electron chi connectivity index (χ2n) is 5.39. The van der Waals surface area contributed by atoms with Crippen LogP contribution in [0.5, 0.6) is 6.01 Å². The fraction of sp³-hybridized carbons (Fsp3) is 0.267. The van der Waals surface area contributed by atoms with E-state index in [-0.39, 0.29) is 12.2 Å². The van der Waals surface area contributed by atoms with Crippen LogP contribution in [-0.2, 0) is 4.74 Å². The lowest BCUT2D eigenvalue weighted by Crippen LogP contribution is -2.07. The highest BCUT2D eigenvalue weighted by atomic mass is 35.5. The first kappa shape index (κ1) is 15.4. The molecule has 7 nitrogen and oxygen atoms in total. The summed E-state index contributed by atoms with van der Waals surface area (Å²) in [5.41, 5.74) is 1.57. The average Bonchev–Trinajstić information content (AvgIpc) is 3.20. The van der Waals surface area contributed by atoms with E-state index in [1.165, 1.54) is 0 Å². The first-order valence-corrected chi connectivity index (χ1v) is 8.15. The molecule has 1 aliphatic heterocycles. The number of aromatic nitrogens is 4. The van der Waals surface area contributed by atoms with Crippen molar-refractivity contribution in [1.82, 2.24) is 19.5 Å². The largest absolute Gasteiger partial charge is 0.479 e. The zero-order valence-corrected chi connectivity index (χ0v) is 13.9. The summed E-state index contributed by atoms with van der Waals surface area (Å²) >= 11 is 12.2. The number of benzene rings is 1. The van der Waals surface area contributed by atoms with Crippen molar-refractivity contribution in [2.75, 3.05) is 11.9 Å². The van der Waals surface area contributed by atoms with Crippen LogP contribution in [0.4, 0.5) is 11.5 Å². The number of rotatable bonds is 3. The lowest BCUT2D eigenvalue weighted by atomic mass is 10.3. The molecule has 1 atom stereocenters. The molecule has 0 radical (unpaired) electrons. The molecular weight excluding hydrogens is 353 g/mol. The Bertz CT molecular complexity index is 908. The summed E-state index contributed by atoms with van der Waals surface area (Å²) in [6, 6.07) is 4.85. The van der Waals surface area contributed by atoms with E-state index in [2.05, 4.69) is 20.3 Å². The highest BCUT2D eigenvalue weighted by Gasteiger charge is 2.22. The molecule has 3 aromatic rings. The zero-order valence-electron chi connectivity index (χ0n) is 12.4. The second kappa shape index (κ2) is 6.08. The Labute approximate surface area is 147 Å². The first-order chi connectivity index (χ1) is 11.6. The van der Waals surface area contributed by atoms with Gasteiger partial charge < -0.3 is 15.2 Å². The van der Waals surface area contributed by atoms with Crippen molar-refractivity contribution in [2.45, 2.75) is 19.1 Å². The minimum Gasteiger partial charge on any atom is -0.479 e. The third-order valence-electron chi connectivity index (χ3n) is 3.83. The molecule has 1 fully saturated rings. The summed E-state index contributed by atoms with van der Waals surface area (Å²) in [5.74, 6) is 0.346. The quantitative estimate of drug-likeness (QED) is 0.732. The van der Waals surface area contributed by atoms with Gasteiger partial charge in [0.15, 0.2) is 17.0 Å². The van der Waals surface area contributed by atoms with Crippen LogP contribution >= 0.6 is 23.2 Å². The topological polar surface area (TPSA) is 85.1 Å². The number of aromatic hydroxyl groups is 1. The lowest BCUT2D eigenvalue weighted by molar-refractivity contribution is 0.0592. The van der Waals surface area contributed by atoms with Crippen molar-refractivity contribution in [2.24, 2.45) is 0 Å². The van der Waals surface area contributed by atoms with E-state index >= 15 is 0 Å². The highest BCUT2D eigenvalue weighted by Crippen LogP contribution is 2.34. The third kappa shape index (κ3) is 2.64. The molecule has 1 saturated heterocycles. The van der Waals surface area contributed by atoms with E-state index in [9.17, 15) is 5.11 Å². The van der Waals surface area contributed by atoms with E-state index in [1.807, 2.05) is 0 Å². The predicted octanol–water partition coefficient (Wildman–Crippen LogP) is 3.89. The second-order valence-corrected chi connectivity index (χ2v) is 6.18. The smallest absolute Gasteiger partial charge is 0.318 e. The number of anilines is 2. The summed E-state index contributed by atoms with van der Waals surface area (Å²) in [4.78, 5) is 12.5. The van der Waals surface area contributed by atoms with Crippen LogP contribution in [0.3, 0.4) is 0 Å². The monoisotopic (exact) mass is 365 g/mol. The van der Waals surface area contributed by atoms with E-state index in [0.717, 1.165) is 12.8 Å². The Balaban J connectivity index is 1.79. The molecule has 2 N–H and O–H groups in total. The van der Waals surface area contributed by atoms with Crippen molar-refractivity contribution in [1.29, 1.82) is 0 Å². The fourth-order valence-electron chi connectivity index (χ4n) is 2.71. The summed E-state index contributed by atoms with van der Waals surface area (Å²) < 4.78 is 7.46.